The molecule has 0 aliphatic rings. The van der Waals surface area contributed by atoms with Gasteiger partial charge in [-0.2, -0.15) is 0 Å². The van der Waals surface area contributed by atoms with Crippen LogP contribution in [0.2, 0.25) is 0 Å². The van der Waals surface area contributed by atoms with E-state index in [1.54, 1.807) is 7.11 Å². The first-order chi connectivity index (χ1) is 10.1. The van der Waals surface area contributed by atoms with Gasteiger partial charge < -0.3 is 14.4 Å². The van der Waals surface area contributed by atoms with Crippen molar-refractivity contribution < 1.29 is 19.2 Å². The lowest BCUT2D eigenvalue weighted by molar-refractivity contribution is 0.0652. The number of aromatic carboxylic acids is 1. The third-order valence-electron chi connectivity index (χ3n) is 3.12. The van der Waals surface area contributed by atoms with E-state index in [2.05, 4.69) is 21.1 Å². The Balaban J connectivity index is 2.21. The lowest BCUT2D eigenvalue weighted by Crippen LogP contribution is -1.92. The Labute approximate surface area is 128 Å². The van der Waals surface area contributed by atoms with Crippen LogP contribution < -0.4 is 4.74 Å². The van der Waals surface area contributed by atoms with E-state index < -0.39 is 5.97 Å². The van der Waals surface area contributed by atoms with Gasteiger partial charge in [-0.3, -0.25) is 0 Å². The third-order valence-corrected chi connectivity index (χ3v) is 3.61. The first kappa shape index (κ1) is 13.6. The summed E-state index contributed by atoms with van der Waals surface area (Å²) in [4.78, 5) is 10.9. The molecule has 1 heterocycles. The lowest BCUT2D eigenvalue weighted by Gasteiger charge is -2.08. The number of carbonyl (C=O) groups is 1. The van der Waals surface area contributed by atoms with Crippen LogP contribution in [-0.2, 0) is 0 Å². The van der Waals surface area contributed by atoms with Crippen LogP contribution >= 0.6 is 15.9 Å². The zero-order valence-corrected chi connectivity index (χ0v) is 12.5. The second-order valence-electron chi connectivity index (χ2n) is 4.43. The van der Waals surface area contributed by atoms with Crippen molar-refractivity contribution in [2.24, 2.45) is 0 Å². The number of halogens is 1. The van der Waals surface area contributed by atoms with E-state index in [1.165, 1.54) is 6.07 Å². The number of carboxylic acids is 1. The normalized spacial score (nSPS) is 10.8. The second-order valence-corrected chi connectivity index (χ2v) is 5.34. The van der Waals surface area contributed by atoms with Gasteiger partial charge in [0.15, 0.2) is 0 Å². The molecule has 0 unspecified atom stereocenters. The topological polar surface area (TPSA) is 72.6 Å². The molecular weight excluding hydrogens is 338 g/mol. The summed E-state index contributed by atoms with van der Waals surface area (Å²) in [7, 11) is 1.56. The minimum Gasteiger partial charge on any atom is -0.496 e. The molecule has 3 aromatic rings. The SMILES string of the molecule is COc1cc2ccc(Br)cc2cc1-c1cc(C(=O)O)on1. The minimum atomic E-state index is -1.16. The van der Waals surface area contributed by atoms with Gasteiger partial charge in [-0.25, -0.2) is 4.79 Å². The summed E-state index contributed by atoms with van der Waals surface area (Å²) in [5.74, 6) is -0.757. The number of ether oxygens (including phenoxy) is 1. The van der Waals surface area contributed by atoms with Crippen LogP contribution in [0.1, 0.15) is 10.6 Å². The van der Waals surface area contributed by atoms with E-state index in [0.717, 1.165) is 15.2 Å². The van der Waals surface area contributed by atoms with Crippen molar-refractivity contribution in [1.29, 1.82) is 0 Å². The Morgan fingerprint density at radius 3 is 2.71 bits per heavy atom. The Kier molecular flexibility index (Phi) is 3.39. The van der Waals surface area contributed by atoms with Gasteiger partial charge in [-0.05, 0) is 35.0 Å². The van der Waals surface area contributed by atoms with Gasteiger partial charge in [0.1, 0.15) is 11.4 Å². The van der Waals surface area contributed by atoms with Crippen LogP contribution in [0.15, 0.2) is 45.4 Å². The van der Waals surface area contributed by atoms with Crippen LogP contribution in [0.5, 0.6) is 5.75 Å². The summed E-state index contributed by atoms with van der Waals surface area (Å²) < 4.78 is 11.1. The second kappa shape index (κ2) is 5.21. The highest BCUT2D eigenvalue weighted by Crippen LogP contribution is 2.34. The fraction of sp³-hybridized carbons (Fsp3) is 0.0667. The molecule has 5 nitrogen and oxygen atoms in total. The van der Waals surface area contributed by atoms with Crippen molar-refractivity contribution in [1.82, 2.24) is 5.16 Å². The molecule has 0 spiro atoms. The summed E-state index contributed by atoms with van der Waals surface area (Å²) in [6, 6.07) is 11.0. The summed E-state index contributed by atoms with van der Waals surface area (Å²) in [6.07, 6.45) is 0. The van der Waals surface area contributed by atoms with Gasteiger partial charge in [0, 0.05) is 16.1 Å². The average Bonchev–Trinajstić information content (AvgIpc) is 2.95. The quantitative estimate of drug-likeness (QED) is 0.776. The first-order valence-corrected chi connectivity index (χ1v) is 6.85. The number of aromatic nitrogens is 1. The maximum absolute atomic E-state index is 10.9. The number of carboxylic acid groups (broad SMARTS) is 1. The van der Waals surface area contributed by atoms with E-state index >= 15 is 0 Å². The van der Waals surface area contributed by atoms with Crippen molar-refractivity contribution in [2.45, 2.75) is 0 Å². The predicted octanol–water partition coefficient (Wildman–Crippen LogP) is 3.96. The lowest BCUT2D eigenvalue weighted by atomic mass is 10.0. The number of hydrogen-bond acceptors (Lipinski definition) is 4. The molecule has 0 bridgehead atoms. The summed E-state index contributed by atoms with van der Waals surface area (Å²) in [6.45, 7) is 0. The van der Waals surface area contributed by atoms with Crippen LogP contribution in [0.4, 0.5) is 0 Å². The van der Waals surface area contributed by atoms with Gasteiger partial charge in [-0.1, -0.05) is 27.2 Å². The third kappa shape index (κ3) is 2.50. The van der Waals surface area contributed by atoms with Gasteiger partial charge in [0.2, 0.25) is 5.76 Å². The molecule has 0 radical (unpaired) electrons. The zero-order chi connectivity index (χ0) is 15.0. The molecule has 0 aliphatic carbocycles. The fourth-order valence-electron chi connectivity index (χ4n) is 2.12. The van der Waals surface area contributed by atoms with E-state index in [9.17, 15) is 4.79 Å². The molecule has 21 heavy (non-hydrogen) atoms. The van der Waals surface area contributed by atoms with Gasteiger partial charge in [-0.15, -0.1) is 0 Å². The molecule has 2 aromatic carbocycles. The molecule has 6 heteroatoms. The zero-order valence-electron chi connectivity index (χ0n) is 11.0. The summed E-state index contributed by atoms with van der Waals surface area (Å²) in [5.41, 5.74) is 1.10. The highest BCUT2D eigenvalue weighted by atomic mass is 79.9. The van der Waals surface area contributed by atoms with E-state index in [-0.39, 0.29) is 5.76 Å². The number of nitrogens with zero attached hydrogens (tertiary/aromatic N) is 1. The Hall–Kier alpha value is -2.34. The molecule has 0 amide bonds. The molecule has 0 saturated carbocycles. The molecule has 106 valence electrons. The first-order valence-electron chi connectivity index (χ1n) is 6.06. The van der Waals surface area contributed by atoms with E-state index in [1.807, 2.05) is 30.3 Å². The van der Waals surface area contributed by atoms with Crippen molar-refractivity contribution in [3.63, 3.8) is 0 Å². The van der Waals surface area contributed by atoms with Crippen LogP contribution in [0.25, 0.3) is 22.0 Å². The number of fused-ring (bicyclic) bond motifs is 1. The maximum atomic E-state index is 10.9. The Bertz CT molecular complexity index is 841. The molecular formula is C15H10BrNO4. The highest BCUT2D eigenvalue weighted by Gasteiger charge is 2.16. The smallest absolute Gasteiger partial charge is 0.374 e. The van der Waals surface area contributed by atoms with Crippen molar-refractivity contribution in [3.8, 4) is 17.0 Å². The van der Waals surface area contributed by atoms with Gasteiger partial charge >= 0.3 is 5.97 Å². The monoisotopic (exact) mass is 347 g/mol. The Morgan fingerprint density at radius 1 is 1.24 bits per heavy atom. The predicted molar refractivity (Wildman–Crippen MR) is 80.7 cm³/mol. The molecule has 1 N–H and O–H groups in total. The van der Waals surface area contributed by atoms with Crippen molar-refractivity contribution in [3.05, 3.63) is 46.6 Å². The van der Waals surface area contributed by atoms with Crippen molar-refractivity contribution in [2.75, 3.05) is 7.11 Å². The van der Waals surface area contributed by atoms with E-state index in [0.29, 0.717) is 17.0 Å². The maximum Gasteiger partial charge on any atom is 0.374 e. The molecule has 1 aromatic heterocycles. The standard InChI is InChI=1S/C15H10BrNO4/c1-20-13-6-8-2-3-10(16)4-9(8)5-11(13)12-7-14(15(18)19)21-17-12/h2-7H,1H3,(H,18,19). The average molecular weight is 348 g/mol. The molecule has 3 rings (SSSR count). The Morgan fingerprint density at radius 2 is 2.05 bits per heavy atom. The summed E-state index contributed by atoms with van der Waals surface area (Å²) in [5, 5.41) is 14.7. The summed E-state index contributed by atoms with van der Waals surface area (Å²) >= 11 is 3.43. The van der Waals surface area contributed by atoms with Gasteiger partial charge in [0.05, 0.1) is 7.11 Å². The van der Waals surface area contributed by atoms with Crippen LogP contribution in [0.3, 0.4) is 0 Å². The highest BCUT2D eigenvalue weighted by molar-refractivity contribution is 9.10. The van der Waals surface area contributed by atoms with E-state index in [4.69, 9.17) is 14.4 Å². The molecule has 0 saturated heterocycles. The van der Waals surface area contributed by atoms with Gasteiger partial charge in [0.25, 0.3) is 0 Å². The molecule has 0 fully saturated rings. The minimum absolute atomic E-state index is 0.207. The van der Waals surface area contributed by atoms with Crippen LogP contribution in [-0.4, -0.2) is 23.3 Å². The number of methoxy groups -OCH3 is 1. The molecule has 0 atom stereocenters. The molecule has 0 aliphatic heterocycles. The number of benzene rings is 2. The van der Waals surface area contributed by atoms with Crippen molar-refractivity contribution >= 4 is 32.7 Å². The number of hydrogen-bond donors (Lipinski definition) is 1. The number of rotatable bonds is 3. The largest absolute Gasteiger partial charge is 0.496 e. The van der Waals surface area contributed by atoms with Crippen LogP contribution in [0, 0.1) is 0 Å². The fourth-order valence-corrected chi connectivity index (χ4v) is 2.50.